The molecule has 0 unspecified atom stereocenters. The average molecular weight is 277 g/mol. The van der Waals surface area contributed by atoms with Gasteiger partial charge < -0.3 is 0 Å². The van der Waals surface area contributed by atoms with E-state index in [1.807, 2.05) is 53.1 Å². The smallest absolute Gasteiger partial charge is 0.263 e. The first-order chi connectivity index (χ1) is 10.1. The highest BCUT2D eigenvalue weighted by Crippen LogP contribution is 2.22. The zero-order valence-electron chi connectivity index (χ0n) is 12.7. The van der Waals surface area contributed by atoms with Gasteiger partial charge in [0.1, 0.15) is 0 Å². The molecule has 0 saturated heterocycles. The fourth-order valence-electron chi connectivity index (χ4n) is 2.95. The molecule has 0 aliphatic rings. The van der Waals surface area contributed by atoms with E-state index in [9.17, 15) is 4.79 Å². The van der Waals surface area contributed by atoms with Crippen LogP contribution in [0.1, 0.15) is 23.7 Å². The number of nitrogens with zero attached hydrogens (tertiary/aromatic N) is 1. The standard InChI is InChI=1S/C19H19NO/c1-4-18-14(3)16-7-5-6-8-17(16)19(21)20(18)15-11-9-13(2)10-12-15/h5-12H,4H2,1-3H3. The molecule has 0 aliphatic heterocycles. The van der Waals surface area contributed by atoms with E-state index in [0.29, 0.717) is 0 Å². The third-order valence-electron chi connectivity index (χ3n) is 4.09. The number of aromatic nitrogens is 1. The van der Waals surface area contributed by atoms with Crippen molar-refractivity contribution in [3.8, 4) is 5.69 Å². The Morgan fingerprint density at radius 3 is 2.14 bits per heavy atom. The van der Waals surface area contributed by atoms with Crippen molar-refractivity contribution in [1.82, 2.24) is 4.57 Å². The Hall–Kier alpha value is -2.35. The number of hydrogen-bond acceptors (Lipinski definition) is 1. The summed E-state index contributed by atoms with van der Waals surface area (Å²) < 4.78 is 1.86. The molecule has 3 rings (SSSR count). The maximum atomic E-state index is 12.9. The number of benzene rings is 2. The maximum Gasteiger partial charge on any atom is 0.263 e. The molecule has 0 aliphatic carbocycles. The molecule has 0 bridgehead atoms. The molecular weight excluding hydrogens is 258 g/mol. The number of pyridine rings is 1. The molecule has 21 heavy (non-hydrogen) atoms. The number of hydrogen-bond donors (Lipinski definition) is 0. The van der Waals surface area contributed by atoms with Crippen LogP contribution in [0, 0.1) is 13.8 Å². The van der Waals surface area contributed by atoms with Crippen molar-refractivity contribution in [2.45, 2.75) is 27.2 Å². The minimum atomic E-state index is 0.0666. The predicted molar refractivity (Wildman–Crippen MR) is 88.4 cm³/mol. The average Bonchev–Trinajstić information content (AvgIpc) is 2.52. The molecule has 106 valence electrons. The fourth-order valence-corrected chi connectivity index (χ4v) is 2.95. The lowest BCUT2D eigenvalue weighted by Gasteiger charge is -2.17. The van der Waals surface area contributed by atoms with Crippen LogP contribution in [0.15, 0.2) is 53.3 Å². The first-order valence-electron chi connectivity index (χ1n) is 7.33. The molecule has 3 aromatic rings. The Morgan fingerprint density at radius 2 is 1.52 bits per heavy atom. The monoisotopic (exact) mass is 277 g/mol. The van der Waals surface area contributed by atoms with Gasteiger partial charge in [0.05, 0.1) is 0 Å². The van der Waals surface area contributed by atoms with Crippen LogP contribution in [0.4, 0.5) is 0 Å². The van der Waals surface area contributed by atoms with Crippen molar-refractivity contribution < 1.29 is 0 Å². The quantitative estimate of drug-likeness (QED) is 0.689. The first kappa shape index (κ1) is 13.6. The van der Waals surface area contributed by atoms with E-state index in [1.54, 1.807) is 0 Å². The molecule has 0 saturated carbocycles. The van der Waals surface area contributed by atoms with Gasteiger partial charge in [0.2, 0.25) is 0 Å². The summed E-state index contributed by atoms with van der Waals surface area (Å²) in [5.41, 5.74) is 4.48. The van der Waals surface area contributed by atoms with Crippen LogP contribution in [-0.4, -0.2) is 4.57 Å². The summed E-state index contributed by atoms with van der Waals surface area (Å²) in [5, 5.41) is 1.84. The van der Waals surface area contributed by atoms with Gasteiger partial charge in [-0.3, -0.25) is 9.36 Å². The van der Waals surface area contributed by atoms with Crippen LogP contribution in [-0.2, 0) is 6.42 Å². The maximum absolute atomic E-state index is 12.9. The summed E-state index contributed by atoms with van der Waals surface area (Å²) in [6, 6.07) is 16.0. The van der Waals surface area contributed by atoms with Gasteiger partial charge in [-0.15, -0.1) is 0 Å². The molecule has 0 fully saturated rings. The van der Waals surface area contributed by atoms with Crippen molar-refractivity contribution in [1.29, 1.82) is 0 Å². The van der Waals surface area contributed by atoms with Gasteiger partial charge in [0.15, 0.2) is 0 Å². The Morgan fingerprint density at radius 1 is 0.905 bits per heavy atom. The van der Waals surface area contributed by atoms with Gasteiger partial charge in [-0.25, -0.2) is 0 Å². The van der Waals surface area contributed by atoms with E-state index in [1.165, 1.54) is 11.1 Å². The van der Waals surface area contributed by atoms with E-state index in [-0.39, 0.29) is 5.56 Å². The normalized spacial score (nSPS) is 11.0. The zero-order chi connectivity index (χ0) is 15.0. The van der Waals surface area contributed by atoms with E-state index >= 15 is 0 Å². The molecule has 2 aromatic carbocycles. The lowest BCUT2D eigenvalue weighted by molar-refractivity contribution is 0.874. The van der Waals surface area contributed by atoms with E-state index < -0.39 is 0 Å². The van der Waals surface area contributed by atoms with Crippen molar-refractivity contribution in [3.63, 3.8) is 0 Å². The van der Waals surface area contributed by atoms with Crippen LogP contribution in [0.2, 0.25) is 0 Å². The van der Waals surface area contributed by atoms with Crippen molar-refractivity contribution in [3.05, 3.63) is 75.7 Å². The van der Waals surface area contributed by atoms with Gasteiger partial charge in [-0.1, -0.05) is 42.8 Å². The third kappa shape index (κ3) is 2.17. The summed E-state index contributed by atoms with van der Waals surface area (Å²) in [6.07, 6.45) is 0.833. The molecule has 0 amide bonds. The summed E-state index contributed by atoms with van der Waals surface area (Å²) in [4.78, 5) is 12.9. The van der Waals surface area contributed by atoms with E-state index in [0.717, 1.165) is 28.6 Å². The van der Waals surface area contributed by atoms with Gasteiger partial charge >= 0.3 is 0 Å². The summed E-state index contributed by atoms with van der Waals surface area (Å²) in [7, 11) is 0. The molecule has 0 radical (unpaired) electrons. The molecule has 1 heterocycles. The number of fused-ring (bicyclic) bond motifs is 1. The van der Waals surface area contributed by atoms with E-state index in [4.69, 9.17) is 0 Å². The second kappa shape index (κ2) is 5.21. The summed E-state index contributed by atoms with van der Waals surface area (Å²) in [6.45, 7) is 6.26. The SMILES string of the molecule is CCc1c(C)c2ccccc2c(=O)n1-c1ccc(C)cc1. The van der Waals surface area contributed by atoms with Crippen LogP contribution < -0.4 is 5.56 Å². The first-order valence-corrected chi connectivity index (χ1v) is 7.33. The Labute approximate surface area is 124 Å². The lowest BCUT2D eigenvalue weighted by Crippen LogP contribution is -2.23. The van der Waals surface area contributed by atoms with Crippen LogP contribution in [0.5, 0.6) is 0 Å². The van der Waals surface area contributed by atoms with Gasteiger partial charge in [-0.2, -0.15) is 0 Å². The molecule has 0 atom stereocenters. The minimum Gasteiger partial charge on any atom is -0.281 e. The van der Waals surface area contributed by atoms with Gasteiger partial charge in [0, 0.05) is 16.8 Å². The van der Waals surface area contributed by atoms with Crippen molar-refractivity contribution >= 4 is 10.8 Å². The molecule has 0 N–H and O–H groups in total. The minimum absolute atomic E-state index is 0.0666. The summed E-state index contributed by atoms with van der Waals surface area (Å²) >= 11 is 0. The third-order valence-corrected chi connectivity index (χ3v) is 4.09. The lowest BCUT2D eigenvalue weighted by atomic mass is 10.0. The highest BCUT2D eigenvalue weighted by Gasteiger charge is 2.13. The highest BCUT2D eigenvalue weighted by atomic mass is 16.1. The summed E-state index contributed by atoms with van der Waals surface area (Å²) in [5.74, 6) is 0. The Balaban J connectivity index is 2.44. The second-order valence-electron chi connectivity index (χ2n) is 5.45. The van der Waals surface area contributed by atoms with Crippen molar-refractivity contribution in [2.75, 3.05) is 0 Å². The Kier molecular flexibility index (Phi) is 3.38. The number of aryl methyl sites for hydroxylation is 2. The molecule has 2 heteroatoms. The van der Waals surface area contributed by atoms with Crippen LogP contribution in [0.3, 0.4) is 0 Å². The topological polar surface area (TPSA) is 22.0 Å². The predicted octanol–water partition coefficient (Wildman–Crippen LogP) is 4.17. The highest BCUT2D eigenvalue weighted by molar-refractivity contribution is 5.85. The fraction of sp³-hybridized carbons (Fsp3) is 0.211. The molecule has 0 spiro atoms. The zero-order valence-corrected chi connectivity index (χ0v) is 12.7. The van der Waals surface area contributed by atoms with Crippen LogP contribution >= 0.6 is 0 Å². The van der Waals surface area contributed by atoms with Gasteiger partial charge in [0.25, 0.3) is 5.56 Å². The van der Waals surface area contributed by atoms with E-state index in [2.05, 4.69) is 20.8 Å². The molecule has 1 aromatic heterocycles. The largest absolute Gasteiger partial charge is 0.281 e. The Bertz CT molecular complexity index is 857. The number of rotatable bonds is 2. The molecule has 2 nitrogen and oxygen atoms in total. The van der Waals surface area contributed by atoms with Crippen molar-refractivity contribution in [2.24, 2.45) is 0 Å². The second-order valence-corrected chi connectivity index (χ2v) is 5.45. The van der Waals surface area contributed by atoms with Crippen LogP contribution in [0.25, 0.3) is 16.5 Å². The molecular formula is C19H19NO. The van der Waals surface area contributed by atoms with Gasteiger partial charge in [-0.05, 0) is 49.4 Å².